The summed E-state index contributed by atoms with van der Waals surface area (Å²) < 4.78 is 32.6. The van der Waals surface area contributed by atoms with Crippen molar-refractivity contribution in [3.8, 4) is 0 Å². The molecule has 0 bridgehead atoms. The van der Waals surface area contributed by atoms with Crippen LogP contribution in [0.5, 0.6) is 0 Å². The van der Waals surface area contributed by atoms with Crippen molar-refractivity contribution >= 4 is 11.9 Å². The van der Waals surface area contributed by atoms with Gasteiger partial charge in [-0.2, -0.15) is 4.39 Å². The number of esters is 2. The predicted molar refractivity (Wildman–Crippen MR) is 118 cm³/mol. The quantitative estimate of drug-likeness (QED) is 0.501. The number of benzene rings is 2. The van der Waals surface area contributed by atoms with Gasteiger partial charge in [0.2, 0.25) is 0 Å². The van der Waals surface area contributed by atoms with Crippen molar-refractivity contribution in [2.45, 2.75) is 30.7 Å². The molecule has 1 saturated heterocycles. The average Bonchev–Trinajstić information content (AvgIpc) is 3.04. The Labute approximate surface area is 197 Å². The molecule has 0 amide bonds. The molecule has 35 heavy (non-hydrogen) atoms. The highest BCUT2D eigenvalue weighted by molar-refractivity contribution is 5.90. The molecule has 11 heteroatoms. The zero-order chi connectivity index (χ0) is 25.2. The summed E-state index contributed by atoms with van der Waals surface area (Å²) in [5.41, 5.74) is -4.34. The number of rotatable bonds is 6. The number of aliphatic hydroxyl groups is 1. The van der Waals surface area contributed by atoms with E-state index < -0.39 is 53.6 Å². The van der Waals surface area contributed by atoms with Crippen molar-refractivity contribution in [3.05, 3.63) is 105 Å². The Hall–Kier alpha value is -4.09. The third-order valence-electron chi connectivity index (χ3n) is 5.59. The molecular formula is C24H21FN2O8. The maximum atomic E-state index is 16.3. The summed E-state index contributed by atoms with van der Waals surface area (Å²) in [5, 5.41) is 11.2. The van der Waals surface area contributed by atoms with Gasteiger partial charge in [0, 0.05) is 12.3 Å². The van der Waals surface area contributed by atoms with Gasteiger partial charge in [-0.1, -0.05) is 36.4 Å². The number of aromatic amines is 1. The first-order valence-electron chi connectivity index (χ1n) is 10.5. The molecule has 0 radical (unpaired) electrons. The van der Waals surface area contributed by atoms with E-state index in [1.807, 2.05) is 4.98 Å². The van der Waals surface area contributed by atoms with Gasteiger partial charge in [-0.3, -0.25) is 9.78 Å². The van der Waals surface area contributed by atoms with E-state index in [0.717, 1.165) is 19.2 Å². The van der Waals surface area contributed by atoms with Gasteiger partial charge in [0.1, 0.15) is 12.7 Å². The molecule has 0 spiro atoms. The van der Waals surface area contributed by atoms with Crippen molar-refractivity contribution in [2.75, 3.05) is 6.61 Å². The lowest BCUT2D eigenvalue weighted by Crippen LogP contribution is -2.57. The van der Waals surface area contributed by atoms with Crippen LogP contribution in [-0.4, -0.2) is 51.0 Å². The van der Waals surface area contributed by atoms with Crippen LogP contribution in [0.3, 0.4) is 0 Å². The summed E-state index contributed by atoms with van der Waals surface area (Å²) in [4.78, 5) is 50.7. The maximum absolute atomic E-state index is 16.3. The van der Waals surface area contributed by atoms with Gasteiger partial charge in [0.25, 0.3) is 5.56 Å². The zero-order valence-electron chi connectivity index (χ0n) is 18.4. The van der Waals surface area contributed by atoms with Crippen LogP contribution in [-0.2, 0) is 20.2 Å². The van der Waals surface area contributed by atoms with Crippen molar-refractivity contribution in [3.63, 3.8) is 0 Å². The summed E-state index contributed by atoms with van der Waals surface area (Å²) in [5.74, 6) is -4.96. The van der Waals surface area contributed by atoms with E-state index in [0.29, 0.717) is 4.57 Å². The molecule has 0 aliphatic carbocycles. The number of ether oxygens (including phenoxy) is 3. The van der Waals surface area contributed by atoms with Crippen LogP contribution in [0.2, 0.25) is 0 Å². The first-order valence-corrected chi connectivity index (χ1v) is 10.5. The standard InChI is InChI=1S/C24H21FN2O8/c1-23(32)19(34-21(30)16-10-6-3-7-11-16)17(14-33-20(29)15-8-4-2-5-9-15)35-24(23,25)27-13-12-18(28)26-22(27)31/h2-13,17,19,32H,14H2,1H3,(H,26,28,31)/t17-,19-,23-,24+/m1/s1. The van der Waals surface area contributed by atoms with Gasteiger partial charge in [-0.25, -0.2) is 19.0 Å². The number of halogens is 1. The number of hydrogen-bond donors (Lipinski definition) is 2. The van der Waals surface area contributed by atoms with E-state index in [9.17, 15) is 24.3 Å². The summed E-state index contributed by atoms with van der Waals surface area (Å²) in [6.45, 7) is 0.340. The number of hydrogen-bond acceptors (Lipinski definition) is 8. The maximum Gasteiger partial charge on any atom is 0.338 e. The fourth-order valence-electron chi connectivity index (χ4n) is 3.75. The molecule has 2 N–H and O–H groups in total. The van der Waals surface area contributed by atoms with E-state index in [-0.39, 0.29) is 11.1 Å². The molecule has 2 heterocycles. The Bertz CT molecular complexity index is 1340. The van der Waals surface area contributed by atoms with E-state index in [1.165, 1.54) is 24.3 Å². The molecule has 0 saturated carbocycles. The van der Waals surface area contributed by atoms with Crippen molar-refractivity contribution < 1.29 is 33.3 Å². The van der Waals surface area contributed by atoms with E-state index in [4.69, 9.17) is 14.2 Å². The number of H-pyrrole nitrogens is 1. The first-order chi connectivity index (χ1) is 16.6. The summed E-state index contributed by atoms with van der Waals surface area (Å²) in [6.07, 6.45) is -2.44. The molecule has 182 valence electrons. The normalized spacial score (nSPS) is 25.7. The minimum absolute atomic E-state index is 0.112. The Morgan fingerprint density at radius 1 is 1.03 bits per heavy atom. The lowest BCUT2D eigenvalue weighted by molar-refractivity contribution is -0.274. The summed E-state index contributed by atoms with van der Waals surface area (Å²) in [7, 11) is 0. The lowest BCUT2D eigenvalue weighted by Gasteiger charge is -2.33. The van der Waals surface area contributed by atoms with Gasteiger partial charge in [-0.15, -0.1) is 0 Å². The van der Waals surface area contributed by atoms with E-state index in [2.05, 4.69) is 0 Å². The third-order valence-corrected chi connectivity index (χ3v) is 5.59. The van der Waals surface area contributed by atoms with E-state index >= 15 is 4.39 Å². The smallest absolute Gasteiger partial charge is 0.338 e. The van der Waals surface area contributed by atoms with Crippen LogP contribution < -0.4 is 11.2 Å². The molecule has 1 aliphatic rings. The second-order valence-electron chi connectivity index (χ2n) is 8.00. The van der Waals surface area contributed by atoms with Crippen molar-refractivity contribution in [1.82, 2.24) is 9.55 Å². The number of nitrogens with one attached hydrogen (secondary N) is 1. The largest absolute Gasteiger partial charge is 0.459 e. The average molecular weight is 484 g/mol. The number of carbonyl (C=O) groups excluding carboxylic acids is 2. The van der Waals surface area contributed by atoms with Gasteiger partial charge >= 0.3 is 23.6 Å². The second kappa shape index (κ2) is 9.28. The second-order valence-corrected chi connectivity index (χ2v) is 8.00. The Morgan fingerprint density at radius 3 is 2.17 bits per heavy atom. The van der Waals surface area contributed by atoms with Gasteiger partial charge in [0.15, 0.2) is 11.7 Å². The van der Waals surface area contributed by atoms with Crippen molar-refractivity contribution in [2.24, 2.45) is 0 Å². The summed E-state index contributed by atoms with van der Waals surface area (Å²) >= 11 is 0. The van der Waals surface area contributed by atoms with Crippen LogP contribution in [0.15, 0.2) is 82.5 Å². The number of carbonyl (C=O) groups is 2. The zero-order valence-corrected chi connectivity index (χ0v) is 18.4. The fourth-order valence-corrected chi connectivity index (χ4v) is 3.75. The number of nitrogens with zero attached hydrogens (tertiary/aromatic N) is 1. The topological polar surface area (TPSA) is 137 Å². The predicted octanol–water partition coefficient (Wildman–Crippen LogP) is 1.35. The molecule has 4 rings (SSSR count). The minimum Gasteiger partial charge on any atom is -0.459 e. The van der Waals surface area contributed by atoms with Crippen LogP contribution in [0.25, 0.3) is 0 Å². The SMILES string of the molecule is C[C@@]1(O)[C@H](OC(=O)c2ccccc2)[C@@H](COC(=O)c2ccccc2)O[C@@]1(F)n1ccc(=O)[nH]c1=O. The molecule has 1 aliphatic heterocycles. The molecular weight excluding hydrogens is 463 g/mol. The molecule has 1 aromatic heterocycles. The molecule has 1 fully saturated rings. The van der Waals surface area contributed by atoms with Gasteiger partial charge in [0.05, 0.1) is 11.1 Å². The molecule has 4 atom stereocenters. The van der Waals surface area contributed by atoms with Crippen LogP contribution in [0.4, 0.5) is 4.39 Å². The molecule has 2 aromatic carbocycles. The monoisotopic (exact) mass is 484 g/mol. The Kier molecular flexibility index (Phi) is 6.37. The Balaban J connectivity index is 1.67. The molecule has 10 nitrogen and oxygen atoms in total. The van der Waals surface area contributed by atoms with E-state index in [1.54, 1.807) is 36.4 Å². The highest BCUT2D eigenvalue weighted by Gasteiger charge is 2.68. The fraction of sp³-hybridized carbons (Fsp3) is 0.250. The highest BCUT2D eigenvalue weighted by Crippen LogP contribution is 2.45. The van der Waals surface area contributed by atoms with Crippen LogP contribution in [0.1, 0.15) is 27.6 Å². The minimum atomic E-state index is -3.29. The van der Waals surface area contributed by atoms with Crippen molar-refractivity contribution in [1.29, 1.82) is 0 Å². The first kappa shape index (κ1) is 24.0. The number of aromatic nitrogens is 2. The van der Waals surface area contributed by atoms with Crippen LogP contribution in [0, 0.1) is 0 Å². The summed E-state index contributed by atoms with van der Waals surface area (Å²) in [6, 6.07) is 16.5. The Morgan fingerprint density at radius 2 is 1.60 bits per heavy atom. The third kappa shape index (κ3) is 4.51. The molecule has 0 unspecified atom stereocenters. The van der Waals surface area contributed by atoms with Crippen LogP contribution >= 0.6 is 0 Å². The lowest BCUT2D eigenvalue weighted by atomic mass is 9.94. The van der Waals surface area contributed by atoms with Gasteiger partial charge < -0.3 is 19.3 Å². The number of alkyl halides is 1. The molecule has 3 aromatic rings. The van der Waals surface area contributed by atoms with Gasteiger partial charge in [-0.05, 0) is 31.2 Å². The highest BCUT2D eigenvalue weighted by atomic mass is 19.2.